The van der Waals surface area contributed by atoms with Crippen LogP contribution in [0, 0.1) is 0 Å². The Balaban J connectivity index is 2.77. The van der Waals surface area contributed by atoms with Crippen molar-refractivity contribution in [3.63, 3.8) is 0 Å². The molecule has 0 radical (unpaired) electrons. The molecule has 0 aromatic carbocycles. The average molecular weight is 300 g/mol. The highest BCUT2D eigenvalue weighted by Gasteiger charge is 2.13. The molecule has 0 atom stereocenters. The first-order valence-corrected chi connectivity index (χ1v) is 5.05. The monoisotopic (exact) mass is 298 g/mol. The summed E-state index contributed by atoms with van der Waals surface area (Å²) in [5, 5.41) is 2.01. The molecule has 15 heavy (non-hydrogen) atoms. The highest BCUT2D eigenvalue weighted by Crippen LogP contribution is 2.17. The van der Waals surface area contributed by atoms with Crippen molar-refractivity contribution in [1.82, 2.24) is 10.3 Å². The molecule has 0 aliphatic rings. The molecule has 82 valence electrons. The molecule has 0 saturated heterocycles. The number of carbonyl (C=O) groups is 1. The van der Waals surface area contributed by atoms with Gasteiger partial charge in [-0.05, 0) is 22.0 Å². The van der Waals surface area contributed by atoms with E-state index < -0.39 is 18.9 Å². The molecule has 0 bridgehead atoms. The minimum atomic E-state index is -2.59. The van der Waals surface area contributed by atoms with Crippen LogP contribution < -0.4 is 5.32 Å². The first-order chi connectivity index (χ1) is 7.00. The van der Waals surface area contributed by atoms with Gasteiger partial charge in [-0.2, -0.15) is 0 Å². The molecular weight excluding hydrogens is 293 g/mol. The predicted molar refractivity (Wildman–Crippen MR) is 55.3 cm³/mol. The highest BCUT2D eigenvalue weighted by molar-refractivity contribution is 9.10. The molecule has 0 aliphatic carbocycles. The summed E-state index contributed by atoms with van der Waals surface area (Å²) >= 11 is 8.72. The zero-order valence-electron chi connectivity index (χ0n) is 7.31. The Morgan fingerprint density at radius 2 is 2.33 bits per heavy atom. The van der Waals surface area contributed by atoms with Crippen molar-refractivity contribution >= 4 is 33.4 Å². The van der Waals surface area contributed by atoms with E-state index in [4.69, 9.17) is 11.6 Å². The van der Waals surface area contributed by atoms with E-state index in [1.54, 1.807) is 0 Å². The predicted octanol–water partition coefficient (Wildman–Crippen LogP) is 2.49. The number of pyridine rings is 1. The highest BCUT2D eigenvalue weighted by atomic mass is 79.9. The lowest BCUT2D eigenvalue weighted by Crippen LogP contribution is -2.28. The van der Waals surface area contributed by atoms with Gasteiger partial charge >= 0.3 is 0 Å². The average Bonchev–Trinajstić information content (AvgIpc) is 2.18. The van der Waals surface area contributed by atoms with Gasteiger partial charge in [0.1, 0.15) is 5.15 Å². The van der Waals surface area contributed by atoms with Crippen LogP contribution in [0.1, 0.15) is 10.4 Å². The topological polar surface area (TPSA) is 42.0 Å². The third-order valence-electron chi connectivity index (χ3n) is 1.47. The van der Waals surface area contributed by atoms with Crippen LogP contribution in [0.3, 0.4) is 0 Å². The van der Waals surface area contributed by atoms with E-state index in [1.165, 1.54) is 12.3 Å². The molecule has 1 rings (SSSR count). The summed E-state index contributed by atoms with van der Waals surface area (Å²) < 4.78 is 24.2. The Labute approximate surface area is 98.0 Å². The number of alkyl halides is 2. The Hall–Kier alpha value is -0.750. The molecular formula is C8H6BrClF2N2O. The molecule has 7 heteroatoms. The Morgan fingerprint density at radius 1 is 1.67 bits per heavy atom. The van der Waals surface area contributed by atoms with Gasteiger partial charge in [0.2, 0.25) is 0 Å². The SMILES string of the molecule is O=C(NCC(F)F)c1cc(Br)cnc1Cl. The zero-order valence-corrected chi connectivity index (χ0v) is 9.65. The summed E-state index contributed by atoms with van der Waals surface area (Å²) in [4.78, 5) is 15.0. The second kappa shape index (κ2) is 5.37. The van der Waals surface area contributed by atoms with Crippen molar-refractivity contribution < 1.29 is 13.6 Å². The Kier molecular flexibility index (Phi) is 4.41. The second-order valence-corrected chi connectivity index (χ2v) is 3.87. The normalized spacial score (nSPS) is 10.5. The largest absolute Gasteiger partial charge is 0.346 e. The summed E-state index contributed by atoms with van der Waals surface area (Å²) in [7, 11) is 0. The van der Waals surface area contributed by atoms with Crippen LogP contribution >= 0.6 is 27.5 Å². The number of amides is 1. The second-order valence-electron chi connectivity index (χ2n) is 2.59. The van der Waals surface area contributed by atoms with Crippen LogP contribution in [0.5, 0.6) is 0 Å². The number of carbonyl (C=O) groups excluding carboxylic acids is 1. The molecule has 1 N–H and O–H groups in total. The third-order valence-corrected chi connectivity index (χ3v) is 2.20. The van der Waals surface area contributed by atoms with Crippen LogP contribution in [-0.2, 0) is 0 Å². The number of aromatic nitrogens is 1. The van der Waals surface area contributed by atoms with E-state index in [0.717, 1.165) is 0 Å². The van der Waals surface area contributed by atoms with E-state index in [-0.39, 0.29) is 10.7 Å². The van der Waals surface area contributed by atoms with E-state index in [9.17, 15) is 13.6 Å². The molecule has 1 heterocycles. The van der Waals surface area contributed by atoms with Gasteiger partial charge in [0.05, 0.1) is 12.1 Å². The summed E-state index contributed by atoms with van der Waals surface area (Å²) in [6.07, 6.45) is -1.18. The molecule has 0 fully saturated rings. The lowest BCUT2D eigenvalue weighted by atomic mass is 10.2. The van der Waals surface area contributed by atoms with Gasteiger partial charge < -0.3 is 5.32 Å². The molecule has 3 nitrogen and oxygen atoms in total. The van der Waals surface area contributed by atoms with Crippen LogP contribution in [0.25, 0.3) is 0 Å². The van der Waals surface area contributed by atoms with E-state index in [2.05, 4.69) is 20.9 Å². The van der Waals surface area contributed by atoms with Gasteiger partial charge in [-0.1, -0.05) is 11.6 Å². The van der Waals surface area contributed by atoms with Gasteiger partial charge in [0, 0.05) is 10.7 Å². The Bertz CT molecular complexity index is 376. The molecule has 1 aromatic rings. The number of hydrogen-bond acceptors (Lipinski definition) is 2. The maximum absolute atomic E-state index is 11.8. The first-order valence-electron chi connectivity index (χ1n) is 3.88. The van der Waals surface area contributed by atoms with Gasteiger partial charge in [-0.3, -0.25) is 4.79 Å². The van der Waals surface area contributed by atoms with Crippen LogP contribution in [0.2, 0.25) is 5.15 Å². The summed E-state index contributed by atoms with van der Waals surface area (Å²) in [5.74, 6) is -0.672. The molecule has 0 saturated carbocycles. The van der Waals surface area contributed by atoms with Crippen molar-refractivity contribution in [2.75, 3.05) is 6.54 Å². The molecule has 0 spiro atoms. The third kappa shape index (κ3) is 3.71. The molecule has 1 aromatic heterocycles. The van der Waals surface area contributed by atoms with Gasteiger partial charge in [-0.15, -0.1) is 0 Å². The minimum Gasteiger partial charge on any atom is -0.346 e. The fourth-order valence-electron chi connectivity index (χ4n) is 0.847. The van der Waals surface area contributed by atoms with Crippen molar-refractivity contribution in [2.45, 2.75) is 6.43 Å². The number of nitrogens with zero attached hydrogens (tertiary/aromatic N) is 1. The fourth-order valence-corrected chi connectivity index (χ4v) is 1.37. The van der Waals surface area contributed by atoms with Crippen LogP contribution in [-0.4, -0.2) is 23.9 Å². The van der Waals surface area contributed by atoms with Crippen LogP contribution in [0.15, 0.2) is 16.7 Å². The molecule has 0 aliphatic heterocycles. The zero-order chi connectivity index (χ0) is 11.4. The molecule has 1 amide bonds. The number of hydrogen-bond donors (Lipinski definition) is 1. The van der Waals surface area contributed by atoms with Crippen molar-refractivity contribution in [2.24, 2.45) is 0 Å². The maximum atomic E-state index is 11.8. The standard InChI is InChI=1S/C8H6BrClF2N2O/c9-4-1-5(7(10)13-2-4)8(15)14-3-6(11)12/h1-2,6H,3H2,(H,14,15). The first kappa shape index (κ1) is 12.3. The lowest BCUT2D eigenvalue weighted by molar-refractivity contribution is 0.0891. The van der Waals surface area contributed by atoms with Gasteiger partial charge in [0.15, 0.2) is 0 Å². The fraction of sp³-hybridized carbons (Fsp3) is 0.250. The van der Waals surface area contributed by atoms with Crippen LogP contribution in [0.4, 0.5) is 8.78 Å². The van der Waals surface area contributed by atoms with Crippen molar-refractivity contribution in [1.29, 1.82) is 0 Å². The number of halogens is 4. The number of nitrogens with one attached hydrogen (secondary N) is 1. The Morgan fingerprint density at radius 3 is 2.93 bits per heavy atom. The summed E-state index contributed by atoms with van der Waals surface area (Å²) in [5.41, 5.74) is 0.0618. The minimum absolute atomic E-state index is 0.0232. The van der Waals surface area contributed by atoms with E-state index in [0.29, 0.717) is 4.47 Å². The number of rotatable bonds is 3. The maximum Gasteiger partial charge on any atom is 0.255 e. The van der Waals surface area contributed by atoms with Crippen molar-refractivity contribution in [3.8, 4) is 0 Å². The summed E-state index contributed by atoms with van der Waals surface area (Å²) in [6, 6.07) is 1.41. The van der Waals surface area contributed by atoms with Crippen molar-refractivity contribution in [3.05, 3.63) is 27.5 Å². The lowest BCUT2D eigenvalue weighted by Gasteiger charge is -2.05. The summed E-state index contributed by atoms with van der Waals surface area (Å²) in [6.45, 7) is -0.707. The molecule has 0 unspecified atom stereocenters. The van der Waals surface area contributed by atoms with Gasteiger partial charge in [0.25, 0.3) is 12.3 Å². The quantitative estimate of drug-likeness (QED) is 0.871. The smallest absolute Gasteiger partial charge is 0.255 e. The van der Waals surface area contributed by atoms with E-state index in [1.807, 2.05) is 5.32 Å². The van der Waals surface area contributed by atoms with Gasteiger partial charge in [-0.25, -0.2) is 13.8 Å². The van der Waals surface area contributed by atoms with E-state index >= 15 is 0 Å².